The molecule has 2 heteroatoms. The summed E-state index contributed by atoms with van der Waals surface area (Å²) in [5, 5.41) is 3.40. The number of hydrogen-bond acceptors (Lipinski definition) is 2. The van der Waals surface area contributed by atoms with Crippen LogP contribution >= 0.6 is 0 Å². The summed E-state index contributed by atoms with van der Waals surface area (Å²) in [6, 6.07) is 0. The van der Waals surface area contributed by atoms with Gasteiger partial charge in [0.2, 0.25) is 0 Å². The van der Waals surface area contributed by atoms with Crippen LogP contribution in [0.15, 0.2) is 0 Å². The predicted octanol–water partition coefficient (Wildman–Crippen LogP) is 4.28. The van der Waals surface area contributed by atoms with Crippen LogP contribution in [0.25, 0.3) is 0 Å². The maximum atomic E-state index is 6.57. The minimum absolute atomic E-state index is 0.287. The van der Waals surface area contributed by atoms with Crippen molar-refractivity contribution in [3.8, 4) is 0 Å². The van der Waals surface area contributed by atoms with Gasteiger partial charge < -0.3 is 10.1 Å². The van der Waals surface area contributed by atoms with Crippen molar-refractivity contribution in [1.29, 1.82) is 0 Å². The zero-order chi connectivity index (χ0) is 13.8. The Morgan fingerprint density at radius 2 is 1.79 bits per heavy atom. The molecule has 2 fully saturated rings. The molecule has 112 valence electrons. The van der Waals surface area contributed by atoms with E-state index in [1.807, 2.05) is 0 Å². The normalized spacial score (nSPS) is 27.0. The average Bonchev–Trinajstić information content (AvgIpc) is 2.81. The quantitative estimate of drug-likeness (QED) is 0.775. The molecule has 1 unspecified atom stereocenters. The molecule has 2 nitrogen and oxygen atoms in total. The fourth-order valence-corrected chi connectivity index (χ4v) is 4.32. The lowest BCUT2D eigenvalue weighted by atomic mass is 9.77. The Labute approximate surface area is 119 Å². The van der Waals surface area contributed by atoms with Gasteiger partial charge >= 0.3 is 0 Å². The van der Waals surface area contributed by atoms with Crippen molar-refractivity contribution < 1.29 is 4.74 Å². The van der Waals surface area contributed by atoms with Crippen molar-refractivity contribution in [2.75, 3.05) is 13.6 Å². The Morgan fingerprint density at radius 1 is 1.11 bits per heavy atom. The van der Waals surface area contributed by atoms with Crippen LogP contribution in [0.4, 0.5) is 0 Å². The van der Waals surface area contributed by atoms with E-state index >= 15 is 0 Å². The smallest absolute Gasteiger partial charge is 0.0687 e. The fraction of sp³-hybridized carbons (Fsp3) is 1.00. The molecule has 2 rings (SSSR count). The van der Waals surface area contributed by atoms with E-state index in [1.165, 1.54) is 64.2 Å². The molecule has 2 aliphatic rings. The standard InChI is InChI=1S/C17H33NO/c1-4-16(5-2,14-18-3)13-15-9-12-17(19-15)10-7-6-8-11-17/h15,18H,4-14H2,1-3H3. The van der Waals surface area contributed by atoms with Gasteiger partial charge in [-0.25, -0.2) is 0 Å². The van der Waals surface area contributed by atoms with E-state index in [2.05, 4.69) is 26.2 Å². The Morgan fingerprint density at radius 3 is 2.37 bits per heavy atom. The van der Waals surface area contributed by atoms with Gasteiger partial charge in [-0.3, -0.25) is 0 Å². The molecule has 0 amide bonds. The molecular weight excluding hydrogens is 234 g/mol. The van der Waals surface area contributed by atoms with Gasteiger partial charge in [-0.1, -0.05) is 33.1 Å². The van der Waals surface area contributed by atoms with Gasteiger partial charge in [-0.05, 0) is 57.4 Å². The monoisotopic (exact) mass is 267 g/mol. The summed E-state index contributed by atoms with van der Waals surface area (Å²) in [6.45, 7) is 5.81. The van der Waals surface area contributed by atoms with E-state index in [-0.39, 0.29) is 5.60 Å². The molecule has 1 saturated heterocycles. The Hall–Kier alpha value is -0.0800. The van der Waals surface area contributed by atoms with Crippen molar-refractivity contribution in [3.63, 3.8) is 0 Å². The van der Waals surface area contributed by atoms with Crippen LogP contribution in [0, 0.1) is 5.41 Å². The number of ether oxygens (including phenoxy) is 1. The molecule has 0 bridgehead atoms. The van der Waals surface area contributed by atoms with E-state index in [0.29, 0.717) is 11.5 Å². The molecule has 1 N–H and O–H groups in total. The first-order valence-corrected chi connectivity index (χ1v) is 8.50. The Kier molecular flexibility index (Phi) is 5.30. The van der Waals surface area contributed by atoms with Gasteiger partial charge in [0, 0.05) is 6.54 Å². The van der Waals surface area contributed by atoms with Crippen molar-refractivity contribution in [3.05, 3.63) is 0 Å². The lowest BCUT2D eigenvalue weighted by Crippen LogP contribution is -2.37. The summed E-state index contributed by atoms with van der Waals surface area (Å²) in [5.41, 5.74) is 0.732. The van der Waals surface area contributed by atoms with Gasteiger partial charge in [0.1, 0.15) is 0 Å². The fourth-order valence-electron chi connectivity index (χ4n) is 4.32. The van der Waals surface area contributed by atoms with Crippen LogP contribution in [0.2, 0.25) is 0 Å². The second-order valence-electron chi connectivity index (χ2n) is 6.96. The topological polar surface area (TPSA) is 21.3 Å². The highest BCUT2D eigenvalue weighted by Gasteiger charge is 2.43. The minimum atomic E-state index is 0.287. The molecule has 1 aliphatic heterocycles. The molecule has 1 aliphatic carbocycles. The van der Waals surface area contributed by atoms with Gasteiger partial charge in [-0.2, -0.15) is 0 Å². The molecule has 0 aromatic rings. The highest BCUT2D eigenvalue weighted by Crippen LogP contribution is 2.45. The second kappa shape index (κ2) is 6.58. The van der Waals surface area contributed by atoms with Gasteiger partial charge in [0.25, 0.3) is 0 Å². The number of rotatable bonds is 6. The van der Waals surface area contributed by atoms with Crippen molar-refractivity contribution in [2.24, 2.45) is 5.41 Å². The molecule has 1 atom stereocenters. The van der Waals surface area contributed by atoms with Crippen LogP contribution in [-0.4, -0.2) is 25.3 Å². The van der Waals surface area contributed by atoms with Crippen molar-refractivity contribution in [1.82, 2.24) is 5.32 Å². The number of hydrogen-bond donors (Lipinski definition) is 1. The molecule has 19 heavy (non-hydrogen) atoms. The lowest BCUT2D eigenvalue weighted by Gasteiger charge is -2.37. The zero-order valence-electron chi connectivity index (χ0n) is 13.3. The van der Waals surface area contributed by atoms with Crippen LogP contribution in [0.3, 0.4) is 0 Å². The highest BCUT2D eigenvalue weighted by atomic mass is 16.5. The maximum Gasteiger partial charge on any atom is 0.0687 e. The summed E-state index contributed by atoms with van der Waals surface area (Å²) >= 11 is 0. The van der Waals surface area contributed by atoms with Gasteiger partial charge in [0.05, 0.1) is 11.7 Å². The highest BCUT2D eigenvalue weighted by molar-refractivity contribution is 4.93. The van der Waals surface area contributed by atoms with Crippen molar-refractivity contribution in [2.45, 2.75) is 89.8 Å². The van der Waals surface area contributed by atoms with Crippen LogP contribution < -0.4 is 5.32 Å². The van der Waals surface area contributed by atoms with Crippen molar-refractivity contribution >= 4 is 0 Å². The Bertz CT molecular complexity index is 266. The third-order valence-corrected chi connectivity index (χ3v) is 5.82. The summed E-state index contributed by atoms with van der Waals surface area (Å²) in [5.74, 6) is 0. The molecule has 1 spiro atoms. The van der Waals surface area contributed by atoms with E-state index in [0.717, 1.165) is 6.54 Å². The van der Waals surface area contributed by atoms with E-state index in [4.69, 9.17) is 4.74 Å². The lowest BCUT2D eigenvalue weighted by molar-refractivity contribution is -0.0776. The summed E-state index contributed by atoms with van der Waals surface area (Å²) in [6.07, 6.45) is 13.7. The third kappa shape index (κ3) is 3.52. The van der Waals surface area contributed by atoms with Crippen LogP contribution in [-0.2, 0) is 4.74 Å². The second-order valence-corrected chi connectivity index (χ2v) is 6.96. The molecule has 0 aromatic carbocycles. The zero-order valence-corrected chi connectivity index (χ0v) is 13.3. The minimum Gasteiger partial charge on any atom is -0.372 e. The average molecular weight is 267 g/mol. The van der Waals surface area contributed by atoms with E-state index in [1.54, 1.807) is 0 Å². The molecule has 0 aromatic heterocycles. The first kappa shape index (κ1) is 15.3. The SMILES string of the molecule is CCC(CC)(CNC)CC1CCC2(CCCCC2)O1. The Balaban J connectivity index is 1.92. The van der Waals surface area contributed by atoms with Gasteiger partial charge in [0.15, 0.2) is 0 Å². The number of nitrogens with one attached hydrogen (secondary N) is 1. The molecule has 0 radical (unpaired) electrons. The first-order valence-electron chi connectivity index (χ1n) is 8.50. The molecule has 1 heterocycles. The van der Waals surface area contributed by atoms with Crippen LogP contribution in [0.1, 0.15) is 78.1 Å². The largest absolute Gasteiger partial charge is 0.372 e. The molecule has 1 saturated carbocycles. The summed E-state index contributed by atoms with van der Waals surface area (Å²) < 4.78 is 6.57. The van der Waals surface area contributed by atoms with E-state index < -0.39 is 0 Å². The predicted molar refractivity (Wildman–Crippen MR) is 81.5 cm³/mol. The first-order chi connectivity index (χ1) is 9.17. The maximum absolute atomic E-state index is 6.57. The van der Waals surface area contributed by atoms with E-state index in [9.17, 15) is 0 Å². The van der Waals surface area contributed by atoms with Crippen LogP contribution in [0.5, 0.6) is 0 Å². The van der Waals surface area contributed by atoms with Gasteiger partial charge in [-0.15, -0.1) is 0 Å². The summed E-state index contributed by atoms with van der Waals surface area (Å²) in [4.78, 5) is 0. The third-order valence-electron chi connectivity index (χ3n) is 5.82. The molecular formula is C17H33NO. The summed E-state index contributed by atoms with van der Waals surface area (Å²) in [7, 11) is 2.08.